The van der Waals surface area contributed by atoms with Crippen LogP contribution in [-0.4, -0.2) is 47.8 Å². The molecule has 0 aliphatic carbocycles. The lowest BCUT2D eigenvalue weighted by Crippen LogP contribution is -2.50. The molecule has 22 heavy (non-hydrogen) atoms. The van der Waals surface area contributed by atoms with Crippen molar-refractivity contribution in [1.29, 1.82) is 0 Å². The number of nitrogens with zero attached hydrogens (tertiary/aromatic N) is 1. The molecule has 0 radical (unpaired) electrons. The third kappa shape index (κ3) is 3.58. The molecule has 0 saturated carbocycles. The van der Waals surface area contributed by atoms with E-state index < -0.39 is 5.60 Å². The zero-order chi connectivity index (χ0) is 15.4. The molecule has 5 heteroatoms. The van der Waals surface area contributed by atoms with Gasteiger partial charge < -0.3 is 15.3 Å². The molecule has 3 rings (SSSR count). The highest BCUT2D eigenvalue weighted by Crippen LogP contribution is 2.27. The standard InChI is InChI=1S/C17H24N2O2S/c20-16(17(21)7-10-22-11-8-17)18-12-14-6-9-19(13-14)15-4-2-1-3-5-15/h1-5,14,21H,6-13H2,(H,18,20). The van der Waals surface area contributed by atoms with E-state index in [1.165, 1.54) is 5.69 Å². The Labute approximate surface area is 136 Å². The minimum Gasteiger partial charge on any atom is -0.380 e. The molecule has 1 amide bonds. The van der Waals surface area contributed by atoms with Gasteiger partial charge in [-0.25, -0.2) is 0 Å². The molecule has 1 aromatic carbocycles. The van der Waals surface area contributed by atoms with Crippen molar-refractivity contribution >= 4 is 23.4 Å². The molecule has 1 unspecified atom stereocenters. The summed E-state index contributed by atoms with van der Waals surface area (Å²) in [5.74, 6) is 2.03. The average molecular weight is 320 g/mol. The number of anilines is 1. The fraction of sp³-hybridized carbons (Fsp3) is 0.588. The lowest BCUT2D eigenvalue weighted by Gasteiger charge is -2.30. The molecule has 1 aromatic rings. The van der Waals surface area contributed by atoms with Crippen LogP contribution in [0.1, 0.15) is 19.3 Å². The first-order chi connectivity index (χ1) is 10.7. The highest BCUT2D eigenvalue weighted by Gasteiger charge is 2.37. The van der Waals surface area contributed by atoms with Crippen LogP contribution in [0, 0.1) is 5.92 Å². The van der Waals surface area contributed by atoms with E-state index in [0.717, 1.165) is 31.0 Å². The minimum absolute atomic E-state index is 0.175. The van der Waals surface area contributed by atoms with Crippen molar-refractivity contribution in [1.82, 2.24) is 5.32 Å². The molecular weight excluding hydrogens is 296 g/mol. The molecule has 120 valence electrons. The summed E-state index contributed by atoms with van der Waals surface area (Å²) in [5, 5.41) is 13.4. The van der Waals surface area contributed by atoms with Gasteiger partial charge >= 0.3 is 0 Å². The van der Waals surface area contributed by atoms with Crippen LogP contribution < -0.4 is 10.2 Å². The van der Waals surface area contributed by atoms with Crippen LogP contribution >= 0.6 is 11.8 Å². The maximum Gasteiger partial charge on any atom is 0.252 e. The molecule has 2 aliphatic rings. The predicted molar refractivity (Wildman–Crippen MR) is 91.3 cm³/mol. The van der Waals surface area contributed by atoms with Crippen molar-refractivity contribution in [3.05, 3.63) is 30.3 Å². The molecule has 1 atom stereocenters. The van der Waals surface area contributed by atoms with E-state index in [4.69, 9.17) is 0 Å². The van der Waals surface area contributed by atoms with E-state index in [9.17, 15) is 9.90 Å². The topological polar surface area (TPSA) is 52.6 Å². The first-order valence-electron chi connectivity index (χ1n) is 8.06. The molecule has 2 N–H and O–H groups in total. The number of aliphatic hydroxyl groups is 1. The second kappa shape index (κ2) is 6.92. The van der Waals surface area contributed by atoms with Crippen LogP contribution in [0.4, 0.5) is 5.69 Å². The van der Waals surface area contributed by atoms with Gasteiger partial charge in [-0.2, -0.15) is 11.8 Å². The summed E-state index contributed by atoms with van der Waals surface area (Å²) in [6.45, 7) is 2.67. The van der Waals surface area contributed by atoms with Gasteiger partial charge in [0.25, 0.3) is 5.91 Å². The molecule has 0 bridgehead atoms. The van der Waals surface area contributed by atoms with Crippen molar-refractivity contribution in [2.45, 2.75) is 24.9 Å². The molecule has 2 heterocycles. The van der Waals surface area contributed by atoms with Crippen molar-refractivity contribution in [3.63, 3.8) is 0 Å². The van der Waals surface area contributed by atoms with Gasteiger partial charge in [-0.3, -0.25) is 4.79 Å². The summed E-state index contributed by atoms with van der Waals surface area (Å²) in [5.41, 5.74) is 0.113. The number of amides is 1. The third-order valence-corrected chi connectivity index (χ3v) is 5.69. The molecule has 0 spiro atoms. The van der Waals surface area contributed by atoms with Crippen LogP contribution in [0.15, 0.2) is 30.3 Å². The predicted octanol–water partition coefficient (Wildman–Crippen LogP) is 1.89. The van der Waals surface area contributed by atoms with Gasteiger partial charge in [0.05, 0.1) is 0 Å². The number of carbonyl (C=O) groups excluding carboxylic acids is 1. The number of hydrogen-bond acceptors (Lipinski definition) is 4. The van der Waals surface area contributed by atoms with Gasteiger partial charge in [0.1, 0.15) is 5.60 Å². The van der Waals surface area contributed by atoms with E-state index >= 15 is 0 Å². The molecule has 0 aromatic heterocycles. The van der Waals surface area contributed by atoms with Gasteiger partial charge in [-0.05, 0) is 48.8 Å². The average Bonchev–Trinajstić information content (AvgIpc) is 3.03. The smallest absolute Gasteiger partial charge is 0.252 e. The first-order valence-corrected chi connectivity index (χ1v) is 9.21. The minimum atomic E-state index is -1.14. The Balaban J connectivity index is 1.47. The largest absolute Gasteiger partial charge is 0.380 e. The first kappa shape index (κ1) is 15.7. The summed E-state index contributed by atoms with van der Waals surface area (Å²) in [7, 11) is 0. The van der Waals surface area contributed by atoms with E-state index in [0.29, 0.717) is 25.3 Å². The van der Waals surface area contributed by atoms with Crippen LogP contribution in [0.2, 0.25) is 0 Å². The molecule has 4 nitrogen and oxygen atoms in total. The summed E-state index contributed by atoms with van der Waals surface area (Å²) >= 11 is 1.81. The number of benzene rings is 1. The van der Waals surface area contributed by atoms with E-state index in [2.05, 4.69) is 34.5 Å². The summed E-state index contributed by atoms with van der Waals surface area (Å²) in [4.78, 5) is 14.6. The molecule has 2 fully saturated rings. The van der Waals surface area contributed by atoms with Crippen molar-refractivity contribution < 1.29 is 9.90 Å². The lowest BCUT2D eigenvalue weighted by atomic mass is 9.95. The van der Waals surface area contributed by atoms with E-state index in [1.54, 1.807) is 0 Å². The summed E-state index contributed by atoms with van der Waals surface area (Å²) in [6, 6.07) is 10.4. The summed E-state index contributed by atoms with van der Waals surface area (Å²) in [6.07, 6.45) is 2.23. The van der Waals surface area contributed by atoms with Crippen LogP contribution in [0.3, 0.4) is 0 Å². The number of thioether (sulfide) groups is 1. The zero-order valence-corrected chi connectivity index (χ0v) is 13.6. The second-order valence-corrected chi connectivity index (χ2v) is 7.51. The highest BCUT2D eigenvalue weighted by molar-refractivity contribution is 7.99. The number of para-hydroxylation sites is 1. The Bertz CT molecular complexity index is 503. The quantitative estimate of drug-likeness (QED) is 0.889. The SMILES string of the molecule is O=C(NCC1CCN(c2ccccc2)C1)C1(O)CCSCC1. The Morgan fingerprint density at radius 2 is 2.05 bits per heavy atom. The number of carbonyl (C=O) groups is 1. The highest BCUT2D eigenvalue weighted by atomic mass is 32.2. The van der Waals surface area contributed by atoms with Crippen LogP contribution in [0.5, 0.6) is 0 Å². The van der Waals surface area contributed by atoms with Gasteiger partial charge in [0, 0.05) is 25.3 Å². The van der Waals surface area contributed by atoms with Gasteiger partial charge in [-0.1, -0.05) is 18.2 Å². The Morgan fingerprint density at radius 3 is 2.77 bits per heavy atom. The Kier molecular flexibility index (Phi) is 4.93. The number of nitrogens with one attached hydrogen (secondary N) is 1. The van der Waals surface area contributed by atoms with Crippen molar-refractivity contribution in [3.8, 4) is 0 Å². The van der Waals surface area contributed by atoms with E-state index in [-0.39, 0.29) is 5.91 Å². The molecule has 2 aliphatic heterocycles. The monoisotopic (exact) mass is 320 g/mol. The van der Waals surface area contributed by atoms with Gasteiger partial charge in [0.2, 0.25) is 0 Å². The molecule has 2 saturated heterocycles. The fourth-order valence-electron chi connectivity index (χ4n) is 3.21. The van der Waals surface area contributed by atoms with Crippen LogP contribution in [0.25, 0.3) is 0 Å². The van der Waals surface area contributed by atoms with Gasteiger partial charge in [-0.15, -0.1) is 0 Å². The van der Waals surface area contributed by atoms with Crippen LogP contribution in [-0.2, 0) is 4.79 Å². The molecular formula is C17H24N2O2S. The third-order valence-electron chi connectivity index (χ3n) is 4.70. The zero-order valence-electron chi connectivity index (χ0n) is 12.8. The van der Waals surface area contributed by atoms with Crippen molar-refractivity contribution in [2.24, 2.45) is 5.92 Å². The number of hydrogen-bond donors (Lipinski definition) is 2. The Morgan fingerprint density at radius 1 is 1.32 bits per heavy atom. The maximum absolute atomic E-state index is 12.2. The normalized spacial score (nSPS) is 24.2. The van der Waals surface area contributed by atoms with Crippen molar-refractivity contribution in [2.75, 3.05) is 36.0 Å². The van der Waals surface area contributed by atoms with Gasteiger partial charge in [0.15, 0.2) is 0 Å². The number of rotatable bonds is 4. The fourth-order valence-corrected chi connectivity index (χ4v) is 4.38. The van der Waals surface area contributed by atoms with E-state index in [1.807, 2.05) is 17.8 Å². The second-order valence-electron chi connectivity index (χ2n) is 6.29. The Hall–Kier alpha value is -1.20. The maximum atomic E-state index is 12.2. The summed E-state index contributed by atoms with van der Waals surface area (Å²) < 4.78 is 0. The lowest BCUT2D eigenvalue weighted by molar-refractivity contribution is -0.140.